The first-order chi connectivity index (χ1) is 10.3. The van der Waals surface area contributed by atoms with Crippen molar-refractivity contribution in [2.24, 2.45) is 0 Å². The van der Waals surface area contributed by atoms with Gasteiger partial charge in [-0.05, 0) is 39.0 Å². The molecule has 0 fully saturated rings. The van der Waals surface area contributed by atoms with Gasteiger partial charge in [0.05, 0.1) is 0 Å². The minimum Gasteiger partial charge on any atom is -0.349 e. The van der Waals surface area contributed by atoms with E-state index in [2.05, 4.69) is 20.6 Å². The van der Waals surface area contributed by atoms with Gasteiger partial charge in [0.25, 0.3) is 5.91 Å². The Morgan fingerprint density at radius 2 is 1.73 bits per heavy atom. The van der Waals surface area contributed by atoms with Crippen molar-refractivity contribution in [2.45, 2.75) is 26.8 Å². The summed E-state index contributed by atoms with van der Waals surface area (Å²) in [6.07, 6.45) is 0. The van der Waals surface area contributed by atoms with E-state index in [1.807, 2.05) is 13.8 Å². The van der Waals surface area contributed by atoms with Crippen molar-refractivity contribution >= 4 is 40.6 Å². The van der Waals surface area contributed by atoms with Gasteiger partial charge in [0, 0.05) is 27.8 Å². The fraction of sp³-hybridized carbons (Fsp3) is 0.267. The molecule has 0 aliphatic carbocycles. The molecule has 0 radical (unpaired) electrons. The quantitative estimate of drug-likeness (QED) is 0.884. The molecule has 2 N–H and O–H groups in total. The van der Waals surface area contributed by atoms with Crippen LogP contribution in [-0.2, 0) is 0 Å². The number of halogens is 2. The number of nitrogens with zero attached hydrogens (tertiary/aromatic N) is 2. The van der Waals surface area contributed by atoms with E-state index in [1.54, 1.807) is 31.2 Å². The second-order valence-electron chi connectivity index (χ2n) is 5.10. The molecule has 1 heterocycles. The van der Waals surface area contributed by atoms with Crippen molar-refractivity contribution in [2.75, 3.05) is 5.32 Å². The largest absolute Gasteiger partial charge is 0.349 e. The van der Waals surface area contributed by atoms with Gasteiger partial charge in [0.2, 0.25) is 0 Å². The maximum atomic E-state index is 12.0. The van der Waals surface area contributed by atoms with Crippen molar-refractivity contribution in [3.8, 4) is 0 Å². The molecule has 0 aliphatic heterocycles. The Kier molecular flexibility index (Phi) is 5.21. The third-order valence-corrected chi connectivity index (χ3v) is 3.06. The number of amides is 1. The number of carbonyl (C=O) groups excluding carboxylic acids is 1. The summed E-state index contributed by atoms with van der Waals surface area (Å²) in [5.41, 5.74) is 0.989. The van der Waals surface area contributed by atoms with Crippen LogP contribution in [0.1, 0.15) is 30.2 Å². The number of carbonyl (C=O) groups is 1. The number of aryl methyl sites for hydroxylation is 1. The van der Waals surface area contributed by atoms with E-state index in [9.17, 15) is 4.79 Å². The monoisotopic (exact) mass is 338 g/mol. The zero-order valence-corrected chi connectivity index (χ0v) is 14.0. The summed E-state index contributed by atoms with van der Waals surface area (Å²) < 4.78 is 0. The fourth-order valence-corrected chi connectivity index (χ4v) is 2.38. The topological polar surface area (TPSA) is 66.9 Å². The molecule has 2 aromatic rings. The van der Waals surface area contributed by atoms with Gasteiger partial charge in [0.1, 0.15) is 17.3 Å². The molecule has 0 spiro atoms. The van der Waals surface area contributed by atoms with E-state index >= 15 is 0 Å². The molecule has 1 aromatic heterocycles. The van der Waals surface area contributed by atoms with Crippen molar-refractivity contribution in [3.63, 3.8) is 0 Å². The van der Waals surface area contributed by atoms with E-state index in [0.29, 0.717) is 33.1 Å². The first-order valence-electron chi connectivity index (χ1n) is 6.73. The average Bonchev–Trinajstić information content (AvgIpc) is 2.35. The molecule has 1 aromatic carbocycles. The third-order valence-electron chi connectivity index (χ3n) is 2.63. The summed E-state index contributed by atoms with van der Waals surface area (Å²) in [5, 5.41) is 6.90. The summed E-state index contributed by atoms with van der Waals surface area (Å²) in [6.45, 7) is 5.50. The van der Waals surface area contributed by atoms with Crippen LogP contribution in [0.4, 0.5) is 11.5 Å². The van der Waals surface area contributed by atoms with Crippen molar-refractivity contribution in [1.82, 2.24) is 15.3 Å². The van der Waals surface area contributed by atoms with Crippen LogP contribution in [0.25, 0.3) is 0 Å². The number of hydrogen-bond acceptors (Lipinski definition) is 4. The molecular formula is C15H16Cl2N4O. The van der Waals surface area contributed by atoms with Gasteiger partial charge in [-0.25, -0.2) is 9.97 Å². The number of aromatic nitrogens is 2. The molecule has 0 saturated heterocycles. The van der Waals surface area contributed by atoms with Crippen LogP contribution < -0.4 is 10.6 Å². The Labute approximate surface area is 139 Å². The van der Waals surface area contributed by atoms with Crippen LogP contribution in [0.2, 0.25) is 10.0 Å². The summed E-state index contributed by atoms with van der Waals surface area (Å²) in [6, 6.07) is 6.70. The lowest BCUT2D eigenvalue weighted by atomic mass is 10.3. The predicted molar refractivity (Wildman–Crippen MR) is 89.1 cm³/mol. The molecule has 0 atom stereocenters. The Balaban J connectivity index is 2.28. The predicted octanol–water partition coefficient (Wildman–Crippen LogP) is 3.97. The normalized spacial score (nSPS) is 10.6. The van der Waals surface area contributed by atoms with Gasteiger partial charge in [-0.1, -0.05) is 23.2 Å². The molecular weight excluding hydrogens is 323 g/mol. The highest BCUT2D eigenvalue weighted by molar-refractivity contribution is 6.35. The van der Waals surface area contributed by atoms with E-state index < -0.39 is 0 Å². The second kappa shape index (κ2) is 6.94. The number of anilines is 2. The Morgan fingerprint density at radius 1 is 1.09 bits per heavy atom. The standard InChI is InChI=1S/C15H16Cl2N4O/c1-8(2)18-15(22)13-7-14(20-9(3)19-13)21-12-5-10(16)4-11(17)6-12/h4-8H,1-3H3,(H,18,22)(H,19,20,21). The smallest absolute Gasteiger partial charge is 0.270 e. The number of benzene rings is 1. The van der Waals surface area contributed by atoms with Gasteiger partial charge >= 0.3 is 0 Å². The molecule has 0 aliphatic rings. The zero-order valence-electron chi connectivity index (χ0n) is 12.4. The van der Waals surface area contributed by atoms with Gasteiger partial charge < -0.3 is 10.6 Å². The van der Waals surface area contributed by atoms with Gasteiger partial charge in [-0.3, -0.25) is 4.79 Å². The molecule has 1 amide bonds. The maximum Gasteiger partial charge on any atom is 0.270 e. The maximum absolute atomic E-state index is 12.0. The van der Waals surface area contributed by atoms with E-state index in [4.69, 9.17) is 23.2 Å². The number of rotatable bonds is 4. The highest BCUT2D eigenvalue weighted by atomic mass is 35.5. The van der Waals surface area contributed by atoms with E-state index in [-0.39, 0.29) is 11.9 Å². The first kappa shape index (κ1) is 16.5. The van der Waals surface area contributed by atoms with Crippen LogP contribution in [0.3, 0.4) is 0 Å². The van der Waals surface area contributed by atoms with Gasteiger partial charge in [-0.2, -0.15) is 0 Å². The SMILES string of the molecule is Cc1nc(Nc2cc(Cl)cc(Cl)c2)cc(C(=O)NC(C)C)n1. The summed E-state index contributed by atoms with van der Waals surface area (Å²) in [4.78, 5) is 20.5. The second-order valence-corrected chi connectivity index (χ2v) is 5.97. The molecule has 2 rings (SSSR count). The lowest BCUT2D eigenvalue weighted by Gasteiger charge is -2.11. The fourth-order valence-electron chi connectivity index (χ4n) is 1.86. The molecule has 7 heteroatoms. The number of nitrogens with one attached hydrogen (secondary N) is 2. The summed E-state index contributed by atoms with van der Waals surface area (Å²) in [7, 11) is 0. The van der Waals surface area contributed by atoms with Crippen LogP contribution in [0, 0.1) is 6.92 Å². The molecule has 116 valence electrons. The number of hydrogen-bond donors (Lipinski definition) is 2. The lowest BCUT2D eigenvalue weighted by Crippen LogP contribution is -2.31. The Bertz CT molecular complexity index is 684. The summed E-state index contributed by atoms with van der Waals surface area (Å²) in [5.74, 6) is 0.749. The summed E-state index contributed by atoms with van der Waals surface area (Å²) >= 11 is 11.9. The average molecular weight is 339 g/mol. The minimum absolute atomic E-state index is 0.0333. The van der Waals surface area contributed by atoms with Gasteiger partial charge in [0.15, 0.2) is 0 Å². The van der Waals surface area contributed by atoms with Crippen LogP contribution in [0.15, 0.2) is 24.3 Å². The molecule has 0 saturated carbocycles. The highest BCUT2D eigenvalue weighted by Crippen LogP contribution is 2.24. The third kappa shape index (κ3) is 4.58. The van der Waals surface area contributed by atoms with Crippen molar-refractivity contribution in [3.05, 3.63) is 45.8 Å². The molecule has 5 nitrogen and oxygen atoms in total. The molecule has 0 unspecified atom stereocenters. The molecule has 22 heavy (non-hydrogen) atoms. The minimum atomic E-state index is -0.243. The first-order valence-corrected chi connectivity index (χ1v) is 7.49. The Hall–Kier alpha value is -1.85. The van der Waals surface area contributed by atoms with Gasteiger partial charge in [-0.15, -0.1) is 0 Å². The van der Waals surface area contributed by atoms with Crippen molar-refractivity contribution in [1.29, 1.82) is 0 Å². The van der Waals surface area contributed by atoms with Crippen LogP contribution in [-0.4, -0.2) is 21.9 Å². The lowest BCUT2D eigenvalue weighted by molar-refractivity contribution is 0.0937. The Morgan fingerprint density at radius 3 is 2.32 bits per heavy atom. The van der Waals surface area contributed by atoms with E-state index in [1.165, 1.54) is 0 Å². The van der Waals surface area contributed by atoms with Crippen molar-refractivity contribution < 1.29 is 4.79 Å². The molecule has 0 bridgehead atoms. The highest BCUT2D eigenvalue weighted by Gasteiger charge is 2.11. The van der Waals surface area contributed by atoms with Crippen LogP contribution >= 0.6 is 23.2 Å². The van der Waals surface area contributed by atoms with E-state index in [0.717, 1.165) is 0 Å². The zero-order chi connectivity index (χ0) is 16.3. The van der Waals surface area contributed by atoms with Crippen LogP contribution in [0.5, 0.6) is 0 Å².